The first-order chi connectivity index (χ1) is 15.7. The minimum absolute atomic E-state index is 0.104. The van der Waals surface area contributed by atoms with Gasteiger partial charge in [-0.05, 0) is 70.2 Å². The van der Waals surface area contributed by atoms with Gasteiger partial charge in [0.25, 0.3) is 0 Å². The minimum Gasteiger partial charge on any atom is -0.489 e. The van der Waals surface area contributed by atoms with Crippen LogP contribution in [0.2, 0.25) is 0 Å². The molecule has 0 bridgehead atoms. The van der Waals surface area contributed by atoms with Gasteiger partial charge >= 0.3 is 5.97 Å². The zero-order valence-electron chi connectivity index (χ0n) is 20.4. The summed E-state index contributed by atoms with van der Waals surface area (Å²) in [5, 5.41) is 0. The summed E-state index contributed by atoms with van der Waals surface area (Å²) in [5.41, 5.74) is 5.57. The Balaban J connectivity index is 1.48. The lowest BCUT2D eigenvalue weighted by Crippen LogP contribution is -2.33. The number of carbonyl (C=O) groups is 1. The topological polar surface area (TPSA) is 40.5 Å². The van der Waals surface area contributed by atoms with Gasteiger partial charge in [-0.3, -0.25) is 4.79 Å². The van der Waals surface area contributed by atoms with E-state index in [-0.39, 0.29) is 29.3 Å². The van der Waals surface area contributed by atoms with Crippen LogP contribution < -0.4 is 4.74 Å². The molecule has 3 aromatic rings. The number of esters is 1. The number of hydrogen-bond donors (Lipinski definition) is 0. The fourth-order valence-corrected chi connectivity index (χ4v) is 4.87. The Morgan fingerprint density at radius 1 is 0.939 bits per heavy atom. The maximum Gasteiger partial charge on any atom is 0.307 e. The number of rotatable bonds is 7. The van der Waals surface area contributed by atoms with Gasteiger partial charge in [-0.25, -0.2) is 0 Å². The van der Waals surface area contributed by atoms with Crippen LogP contribution in [-0.2, 0) is 27.0 Å². The predicted molar refractivity (Wildman–Crippen MR) is 132 cm³/mol. The van der Waals surface area contributed by atoms with E-state index in [2.05, 4.69) is 45.9 Å². The van der Waals surface area contributed by atoms with Crippen LogP contribution in [0.3, 0.4) is 0 Å². The largest absolute Gasteiger partial charge is 0.489 e. The molecule has 4 nitrogen and oxygen atoms in total. The molecule has 0 N–H and O–H groups in total. The number of ether oxygens (including phenoxy) is 2. The van der Waals surface area contributed by atoms with Gasteiger partial charge in [0.05, 0.1) is 19.6 Å². The molecule has 0 saturated carbocycles. The van der Waals surface area contributed by atoms with Gasteiger partial charge in [-0.15, -0.1) is 0 Å². The molecule has 1 aromatic heterocycles. The van der Waals surface area contributed by atoms with E-state index >= 15 is 0 Å². The molecule has 1 heterocycles. The van der Waals surface area contributed by atoms with Crippen molar-refractivity contribution in [2.24, 2.45) is 0 Å². The molecule has 2 aromatic carbocycles. The smallest absolute Gasteiger partial charge is 0.307 e. The van der Waals surface area contributed by atoms with Crippen LogP contribution in [0.1, 0.15) is 75.3 Å². The number of carbonyl (C=O) groups excluding carboxylic acids is 1. The van der Waals surface area contributed by atoms with Gasteiger partial charge in [-0.2, -0.15) is 0 Å². The fourth-order valence-electron chi connectivity index (χ4n) is 4.87. The maximum atomic E-state index is 11.9. The summed E-state index contributed by atoms with van der Waals surface area (Å²) in [6, 6.07) is 18.7. The second-order valence-corrected chi connectivity index (χ2v) is 10.4. The van der Waals surface area contributed by atoms with Crippen molar-refractivity contribution in [1.29, 1.82) is 0 Å². The number of methoxy groups -OCH3 is 1. The van der Waals surface area contributed by atoms with Gasteiger partial charge in [0, 0.05) is 12.4 Å². The van der Waals surface area contributed by atoms with E-state index in [1.807, 2.05) is 53.4 Å². The van der Waals surface area contributed by atoms with E-state index in [4.69, 9.17) is 9.47 Å². The number of benzene rings is 2. The van der Waals surface area contributed by atoms with Crippen LogP contribution in [0, 0.1) is 0 Å². The third kappa shape index (κ3) is 5.00. The first-order valence-electron chi connectivity index (χ1n) is 11.8. The molecule has 0 amide bonds. The Labute approximate surface area is 197 Å². The van der Waals surface area contributed by atoms with Crippen molar-refractivity contribution in [2.75, 3.05) is 7.11 Å². The lowest BCUT2D eigenvalue weighted by atomic mass is 9.63. The average Bonchev–Trinajstić information content (AvgIpc) is 3.34. The lowest BCUT2D eigenvalue weighted by molar-refractivity contribution is -0.141. The van der Waals surface area contributed by atoms with Crippen LogP contribution in [0.4, 0.5) is 0 Å². The molecule has 4 heteroatoms. The number of hydrogen-bond acceptors (Lipinski definition) is 3. The molecule has 33 heavy (non-hydrogen) atoms. The molecule has 0 aliphatic heterocycles. The van der Waals surface area contributed by atoms with Gasteiger partial charge in [0.1, 0.15) is 12.4 Å². The molecule has 4 rings (SSSR count). The highest BCUT2D eigenvalue weighted by atomic mass is 16.5. The van der Waals surface area contributed by atoms with E-state index in [1.54, 1.807) is 0 Å². The lowest BCUT2D eigenvalue weighted by Gasteiger charge is -2.42. The summed E-state index contributed by atoms with van der Waals surface area (Å²) < 4.78 is 13.1. The molecule has 1 aliphatic carbocycles. The Morgan fingerprint density at radius 2 is 1.58 bits per heavy atom. The second kappa shape index (κ2) is 9.09. The monoisotopic (exact) mass is 445 g/mol. The summed E-state index contributed by atoms with van der Waals surface area (Å²) in [4.78, 5) is 11.9. The van der Waals surface area contributed by atoms with Crippen molar-refractivity contribution < 1.29 is 14.3 Å². The molecular formula is C29H35NO3. The third-order valence-corrected chi connectivity index (χ3v) is 7.16. The van der Waals surface area contributed by atoms with Gasteiger partial charge in [0.15, 0.2) is 0 Å². The number of fused-ring (bicyclic) bond motifs is 1. The van der Waals surface area contributed by atoms with Crippen molar-refractivity contribution in [3.63, 3.8) is 0 Å². The molecular weight excluding hydrogens is 410 g/mol. The van der Waals surface area contributed by atoms with Crippen molar-refractivity contribution in [3.8, 4) is 5.75 Å². The summed E-state index contributed by atoms with van der Waals surface area (Å²) in [6.07, 6.45) is 6.64. The highest BCUT2D eigenvalue weighted by Crippen LogP contribution is 2.46. The zero-order chi connectivity index (χ0) is 23.6. The van der Waals surface area contributed by atoms with E-state index in [9.17, 15) is 4.79 Å². The van der Waals surface area contributed by atoms with Crippen LogP contribution in [0.25, 0.3) is 0 Å². The standard InChI is InChI=1S/C29H35NO3/c1-28(2)14-15-29(3,4)25-18-21(8-13-24(25)28)20-33-23-11-9-22(10-12-23)26(19-27(31)32-5)30-16-6-7-17-30/h6-13,16-18,26H,14-15,19-20H2,1-5H3/t26-/m1/s1. The molecule has 0 unspecified atom stereocenters. The molecule has 0 spiro atoms. The second-order valence-electron chi connectivity index (χ2n) is 10.4. The van der Waals surface area contributed by atoms with E-state index in [0.717, 1.165) is 11.3 Å². The van der Waals surface area contributed by atoms with E-state index < -0.39 is 0 Å². The molecule has 1 atom stereocenters. The molecule has 174 valence electrons. The summed E-state index contributed by atoms with van der Waals surface area (Å²) in [6.45, 7) is 9.92. The van der Waals surface area contributed by atoms with Crippen LogP contribution in [-0.4, -0.2) is 17.6 Å². The normalized spacial score (nSPS) is 17.1. The maximum absolute atomic E-state index is 11.9. The summed E-state index contributed by atoms with van der Waals surface area (Å²) in [7, 11) is 1.43. The zero-order valence-corrected chi connectivity index (χ0v) is 20.4. The SMILES string of the molecule is COC(=O)C[C@H](c1ccc(OCc2ccc3c(c2)C(C)(C)CCC3(C)C)cc1)n1cccc1. The Hall–Kier alpha value is -3.01. The first kappa shape index (κ1) is 23.2. The van der Waals surface area contributed by atoms with Crippen LogP contribution in [0.5, 0.6) is 5.75 Å². The molecule has 0 radical (unpaired) electrons. The first-order valence-corrected chi connectivity index (χ1v) is 11.8. The van der Waals surface area contributed by atoms with Gasteiger partial charge in [-0.1, -0.05) is 58.0 Å². The quantitative estimate of drug-likeness (QED) is 0.386. The fraction of sp³-hybridized carbons (Fsp3) is 0.414. The van der Waals surface area contributed by atoms with Crippen molar-refractivity contribution >= 4 is 5.97 Å². The highest BCUT2D eigenvalue weighted by molar-refractivity contribution is 5.70. The summed E-state index contributed by atoms with van der Waals surface area (Å²) in [5.74, 6) is 0.591. The molecule has 0 fully saturated rings. The summed E-state index contributed by atoms with van der Waals surface area (Å²) >= 11 is 0. The van der Waals surface area contributed by atoms with Crippen LogP contribution in [0.15, 0.2) is 67.0 Å². The highest BCUT2D eigenvalue weighted by Gasteiger charge is 2.36. The van der Waals surface area contributed by atoms with Crippen molar-refractivity contribution in [2.45, 2.75) is 70.4 Å². The molecule has 0 saturated heterocycles. The van der Waals surface area contributed by atoms with E-state index in [0.29, 0.717) is 6.61 Å². The minimum atomic E-state index is -0.229. The Morgan fingerprint density at radius 3 is 2.21 bits per heavy atom. The van der Waals surface area contributed by atoms with E-state index in [1.165, 1.54) is 36.6 Å². The number of aromatic nitrogens is 1. The number of nitrogens with zero attached hydrogens (tertiary/aromatic N) is 1. The predicted octanol–water partition coefficient (Wildman–Crippen LogP) is 6.57. The van der Waals surface area contributed by atoms with Crippen molar-refractivity contribution in [3.05, 3.63) is 89.2 Å². The van der Waals surface area contributed by atoms with Gasteiger partial charge < -0.3 is 14.0 Å². The third-order valence-electron chi connectivity index (χ3n) is 7.16. The van der Waals surface area contributed by atoms with Gasteiger partial charge in [0.2, 0.25) is 0 Å². The Kier molecular flexibility index (Phi) is 6.38. The van der Waals surface area contributed by atoms with Crippen LogP contribution >= 0.6 is 0 Å². The van der Waals surface area contributed by atoms with Crippen molar-refractivity contribution in [1.82, 2.24) is 4.57 Å². The molecule has 1 aliphatic rings. The average molecular weight is 446 g/mol. The Bertz CT molecular complexity index is 1090.